The van der Waals surface area contributed by atoms with Crippen molar-refractivity contribution in [1.29, 1.82) is 0 Å². The van der Waals surface area contributed by atoms with E-state index in [1.807, 2.05) is 43.3 Å². The van der Waals surface area contributed by atoms with Gasteiger partial charge in [-0.3, -0.25) is 20.0 Å². The number of benzene rings is 1. The quantitative estimate of drug-likeness (QED) is 0.514. The Kier molecular flexibility index (Phi) is 4.51. The smallest absolute Gasteiger partial charge is 0.270 e. The molecule has 2 aromatic rings. The highest BCUT2D eigenvalue weighted by Gasteiger charge is 2.33. The Hall–Kier alpha value is -2.09. The van der Waals surface area contributed by atoms with Gasteiger partial charge in [-0.1, -0.05) is 24.0 Å². The molecule has 3 rings (SSSR count). The second-order valence-electron chi connectivity index (χ2n) is 4.82. The van der Waals surface area contributed by atoms with Gasteiger partial charge in [-0.2, -0.15) is 0 Å². The maximum absolute atomic E-state index is 12.6. The molecule has 0 unspecified atom stereocenters. The average molecular weight is 346 g/mol. The molecule has 0 saturated carbocycles. The summed E-state index contributed by atoms with van der Waals surface area (Å²) >= 11 is 6.60. The predicted molar refractivity (Wildman–Crippen MR) is 96.2 cm³/mol. The second-order valence-corrected chi connectivity index (χ2v) is 6.49. The number of thiocarbonyl (C=S) groups is 1. The van der Waals surface area contributed by atoms with Crippen molar-refractivity contribution in [2.24, 2.45) is 0 Å². The Labute approximate surface area is 143 Å². The number of hydrogen-bond acceptors (Lipinski definition) is 6. The molecule has 1 fully saturated rings. The van der Waals surface area contributed by atoms with E-state index in [-0.39, 0.29) is 5.91 Å². The van der Waals surface area contributed by atoms with Crippen LogP contribution in [0.4, 0.5) is 11.4 Å². The number of furan rings is 1. The first kappa shape index (κ1) is 15.8. The van der Waals surface area contributed by atoms with Gasteiger partial charge >= 0.3 is 0 Å². The molecule has 1 N–H and O–H groups in total. The van der Waals surface area contributed by atoms with Gasteiger partial charge in [-0.05, 0) is 43.3 Å². The molecule has 0 bridgehead atoms. The highest BCUT2D eigenvalue weighted by molar-refractivity contribution is 8.27. The fourth-order valence-electron chi connectivity index (χ4n) is 2.15. The van der Waals surface area contributed by atoms with Crippen LogP contribution in [0.5, 0.6) is 0 Å². The number of nitrogens with one attached hydrogen (secondary N) is 1. The standard InChI is InChI=1S/C16H14N2O3S2/c1-10-3-8-13(21-10)9-14-15(19)18(16(22)23-14)12-6-4-11(5-7-12)17-20-2/h3-9,17H,1-2H3/b14-9-. The van der Waals surface area contributed by atoms with Crippen molar-refractivity contribution in [2.75, 3.05) is 17.5 Å². The lowest BCUT2D eigenvalue weighted by atomic mass is 10.2. The number of nitrogens with zero attached hydrogens (tertiary/aromatic N) is 1. The van der Waals surface area contributed by atoms with Crippen molar-refractivity contribution in [2.45, 2.75) is 6.92 Å². The van der Waals surface area contributed by atoms with Crippen LogP contribution in [0.25, 0.3) is 6.08 Å². The molecule has 0 radical (unpaired) electrons. The normalized spacial score (nSPS) is 16.4. The second kappa shape index (κ2) is 6.57. The summed E-state index contributed by atoms with van der Waals surface area (Å²) in [5.74, 6) is 1.29. The molecule has 5 nitrogen and oxygen atoms in total. The van der Waals surface area contributed by atoms with E-state index in [0.29, 0.717) is 20.7 Å². The van der Waals surface area contributed by atoms with Crippen molar-refractivity contribution in [3.8, 4) is 0 Å². The molecule has 0 aliphatic carbocycles. The molecule has 0 atom stereocenters. The average Bonchev–Trinajstić information content (AvgIpc) is 3.05. The van der Waals surface area contributed by atoms with E-state index in [4.69, 9.17) is 21.5 Å². The Morgan fingerprint density at radius 2 is 2.00 bits per heavy atom. The fourth-order valence-corrected chi connectivity index (χ4v) is 3.43. The largest absolute Gasteiger partial charge is 0.462 e. The van der Waals surface area contributed by atoms with Crippen LogP contribution < -0.4 is 10.4 Å². The van der Waals surface area contributed by atoms with Crippen LogP contribution in [-0.2, 0) is 9.63 Å². The molecule has 0 spiro atoms. The SMILES string of the molecule is CONc1ccc(N2C(=O)/C(=C/c3ccc(C)o3)SC2=S)cc1. The number of carbonyl (C=O) groups excluding carboxylic acids is 1. The summed E-state index contributed by atoms with van der Waals surface area (Å²) in [4.78, 5) is 19.5. The van der Waals surface area contributed by atoms with Gasteiger partial charge in [0.25, 0.3) is 5.91 Å². The number of aryl methyl sites for hydroxylation is 1. The van der Waals surface area contributed by atoms with Crippen LogP contribution >= 0.6 is 24.0 Å². The molecule has 1 aromatic carbocycles. The topological polar surface area (TPSA) is 54.7 Å². The Morgan fingerprint density at radius 3 is 2.61 bits per heavy atom. The lowest BCUT2D eigenvalue weighted by Gasteiger charge is -2.15. The van der Waals surface area contributed by atoms with Gasteiger partial charge in [0, 0.05) is 6.08 Å². The third kappa shape index (κ3) is 3.31. The van der Waals surface area contributed by atoms with Gasteiger partial charge < -0.3 is 4.42 Å². The number of thioether (sulfide) groups is 1. The summed E-state index contributed by atoms with van der Waals surface area (Å²) in [6.45, 7) is 1.86. The fraction of sp³-hybridized carbons (Fsp3) is 0.125. The zero-order chi connectivity index (χ0) is 16.4. The Bertz CT molecular complexity index is 781. The molecule has 2 heterocycles. The number of anilines is 2. The molecule has 1 aromatic heterocycles. The predicted octanol–water partition coefficient (Wildman–Crippen LogP) is 3.97. The van der Waals surface area contributed by atoms with E-state index in [9.17, 15) is 4.79 Å². The van der Waals surface area contributed by atoms with E-state index in [2.05, 4.69) is 5.48 Å². The molecule has 7 heteroatoms. The molecular weight excluding hydrogens is 332 g/mol. The van der Waals surface area contributed by atoms with Crippen LogP contribution in [0, 0.1) is 6.92 Å². The van der Waals surface area contributed by atoms with Crippen LogP contribution in [0.3, 0.4) is 0 Å². The van der Waals surface area contributed by atoms with Gasteiger partial charge in [0.05, 0.1) is 23.4 Å². The molecule has 118 valence electrons. The van der Waals surface area contributed by atoms with E-state index in [1.54, 1.807) is 6.08 Å². The summed E-state index contributed by atoms with van der Waals surface area (Å²) < 4.78 is 5.98. The maximum atomic E-state index is 12.6. The molecule has 1 aliphatic heterocycles. The minimum Gasteiger partial charge on any atom is -0.462 e. The summed E-state index contributed by atoms with van der Waals surface area (Å²) in [6.07, 6.45) is 1.72. The first-order chi connectivity index (χ1) is 11.1. The Morgan fingerprint density at radius 1 is 1.26 bits per heavy atom. The lowest BCUT2D eigenvalue weighted by Crippen LogP contribution is -2.27. The van der Waals surface area contributed by atoms with E-state index < -0.39 is 0 Å². The van der Waals surface area contributed by atoms with Crippen molar-refractivity contribution >= 4 is 51.7 Å². The highest BCUT2D eigenvalue weighted by atomic mass is 32.2. The molecular formula is C16H14N2O3S2. The number of rotatable bonds is 4. The van der Waals surface area contributed by atoms with Crippen molar-refractivity contribution in [3.63, 3.8) is 0 Å². The Balaban J connectivity index is 1.85. The van der Waals surface area contributed by atoms with Gasteiger partial charge in [-0.15, -0.1) is 0 Å². The summed E-state index contributed by atoms with van der Waals surface area (Å²) in [5.41, 5.74) is 4.24. The van der Waals surface area contributed by atoms with Gasteiger partial charge in [-0.25, -0.2) is 0 Å². The monoisotopic (exact) mass is 346 g/mol. The van der Waals surface area contributed by atoms with Crippen LogP contribution in [-0.4, -0.2) is 17.3 Å². The summed E-state index contributed by atoms with van der Waals surface area (Å²) in [5, 5.41) is 0. The van der Waals surface area contributed by atoms with E-state index >= 15 is 0 Å². The van der Waals surface area contributed by atoms with E-state index in [1.165, 1.54) is 23.8 Å². The zero-order valence-electron chi connectivity index (χ0n) is 12.5. The van der Waals surface area contributed by atoms with E-state index in [0.717, 1.165) is 11.4 Å². The minimum absolute atomic E-state index is 0.151. The molecule has 1 amide bonds. The van der Waals surface area contributed by atoms with Crippen LogP contribution in [0.15, 0.2) is 45.7 Å². The molecule has 23 heavy (non-hydrogen) atoms. The van der Waals surface area contributed by atoms with Crippen molar-refractivity contribution in [3.05, 3.63) is 52.8 Å². The highest BCUT2D eigenvalue weighted by Crippen LogP contribution is 2.36. The number of hydrogen-bond donors (Lipinski definition) is 1. The van der Waals surface area contributed by atoms with Gasteiger partial charge in [0.1, 0.15) is 11.5 Å². The number of carbonyl (C=O) groups is 1. The third-order valence-corrected chi connectivity index (χ3v) is 4.48. The summed E-state index contributed by atoms with van der Waals surface area (Å²) in [6, 6.07) is 10.9. The molecule has 1 saturated heterocycles. The van der Waals surface area contributed by atoms with Crippen LogP contribution in [0.1, 0.15) is 11.5 Å². The van der Waals surface area contributed by atoms with Crippen molar-refractivity contribution in [1.82, 2.24) is 0 Å². The minimum atomic E-state index is -0.151. The molecule has 1 aliphatic rings. The first-order valence-corrected chi connectivity index (χ1v) is 8.04. The maximum Gasteiger partial charge on any atom is 0.270 e. The zero-order valence-corrected chi connectivity index (χ0v) is 14.2. The van der Waals surface area contributed by atoms with Crippen molar-refractivity contribution < 1.29 is 14.0 Å². The van der Waals surface area contributed by atoms with Crippen LogP contribution in [0.2, 0.25) is 0 Å². The van der Waals surface area contributed by atoms with Gasteiger partial charge in [0.15, 0.2) is 4.32 Å². The summed E-state index contributed by atoms with van der Waals surface area (Å²) in [7, 11) is 1.54. The third-order valence-electron chi connectivity index (χ3n) is 3.17. The lowest BCUT2D eigenvalue weighted by molar-refractivity contribution is -0.113. The van der Waals surface area contributed by atoms with Gasteiger partial charge in [0.2, 0.25) is 0 Å². The first-order valence-electron chi connectivity index (χ1n) is 6.82. The number of amides is 1.